The summed E-state index contributed by atoms with van der Waals surface area (Å²) in [5.41, 5.74) is 4.83. The normalized spacial score (nSPS) is 11.3. The standard InChI is InChI=1S/C22H23NO2S/c1-17-8-7-9-20(15-17)16-23(22-13-12-18(2)14-19(22)3)26(24,25)21-10-5-4-6-11-21/h4-15H,16H2,1-3H3. The maximum absolute atomic E-state index is 13.4. The van der Waals surface area contributed by atoms with Crippen LogP contribution >= 0.6 is 0 Å². The van der Waals surface area contributed by atoms with Crippen molar-refractivity contribution in [3.05, 3.63) is 95.1 Å². The van der Waals surface area contributed by atoms with Gasteiger partial charge in [0.2, 0.25) is 0 Å². The molecule has 0 fully saturated rings. The molecule has 134 valence electrons. The molecule has 0 saturated carbocycles. The molecule has 0 aliphatic rings. The summed E-state index contributed by atoms with van der Waals surface area (Å²) in [6.45, 7) is 6.26. The van der Waals surface area contributed by atoms with Crippen LogP contribution in [0.15, 0.2) is 77.7 Å². The van der Waals surface area contributed by atoms with Gasteiger partial charge in [0.15, 0.2) is 0 Å². The van der Waals surface area contributed by atoms with Crippen LogP contribution in [0.1, 0.15) is 22.3 Å². The Bertz CT molecular complexity index is 1010. The predicted molar refractivity (Wildman–Crippen MR) is 107 cm³/mol. The van der Waals surface area contributed by atoms with Crippen LogP contribution in [0.2, 0.25) is 0 Å². The van der Waals surface area contributed by atoms with Crippen LogP contribution in [0.5, 0.6) is 0 Å². The SMILES string of the molecule is Cc1cccc(CN(c2ccc(C)cc2C)S(=O)(=O)c2ccccc2)c1. The fraction of sp³-hybridized carbons (Fsp3) is 0.182. The molecule has 3 rings (SSSR count). The molecule has 0 heterocycles. The molecule has 0 radical (unpaired) electrons. The Balaban J connectivity index is 2.13. The number of hydrogen-bond acceptors (Lipinski definition) is 2. The molecule has 26 heavy (non-hydrogen) atoms. The maximum atomic E-state index is 13.4. The lowest BCUT2D eigenvalue weighted by molar-refractivity contribution is 0.590. The minimum absolute atomic E-state index is 0.294. The summed E-state index contributed by atoms with van der Waals surface area (Å²) < 4.78 is 28.3. The van der Waals surface area contributed by atoms with Crippen LogP contribution in [0.3, 0.4) is 0 Å². The third-order valence-electron chi connectivity index (χ3n) is 4.36. The number of rotatable bonds is 5. The predicted octanol–water partition coefficient (Wildman–Crippen LogP) is 5.01. The largest absolute Gasteiger partial charge is 0.264 e. The highest BCUT2D eigenvalue weighted by molar-refractivity contribution is 7.92. The van der Waals surface area contributed by atoms with Crippen molar-refractivity contribution in [1.82, 2.24) is 0 Å². The summed E-state index contributed by atoms with van der Waals surface area (Å²) in [5, 5.41) is 0. The third-order valence-corrected chi connectivity index (χ3v) is 6.13. The van der Waals surface area contributed by atoms with Gasteiger partial charge in [-0.3, -0.25) is 4.31 Å². The quantitative estimate of drug-likeness (QED) is 0.637. The average molecular weight is 365 g/mol. The Morgan fingerprint density at radius 1 is 0.769 bits per heavy atom. The first-order chi connectivity index (χ1) is 12.4. The van der Waals surface area contributed by atoms with E-state index < -0.39 is 10.0 Å². The first-order valence-electron chi connectivity index (χ1n) is 8.58. The van der Waals surface area contributed by atoms with Crippen molar-refractivity contribution in [2.75, 3.05) is 4.31 Å². The van der Waals surface area contributed by atoms with E-state index in [1.165, 1.54) is 4.31 Å². The Morgan fingerprint density at radius 2 is 1.46 bits per heavy atom. The van der Waals surface area contributed by atoms with E-state index in [4.69, 9.17) is 0 Å². The van der Waals surface area contributed by atoms with Crippen molar-refractivity contribution in [2.45, 2.75) is 32.2 Å². The van der Waals surface area contributed by atoms with Crippen LogP contribution in [0.4, 0.5) is 5.69 Å². The van der Waals surface area contributed by atoms with Gasteiger partial charge in [-0.25, -0.2) is 8.42 Å². The molecule has 0 aliphatic heterocycles. The fourth-order valence-corrected chi connectivity index (χ4v) is 4.62. The van der Waals surface area contributed by atoms with Gasteiger partial charge in [0.05, 0.1) is 17.1 Å². The molecule has 0 atom stereocenters. The Hall–Kier alpha value is -2.59. The first kappa shape index (κ1) is 18.2. The zero-order valence-corrected chi connectivity index (χ0v) is 16.1. The first-order valence-corrected chi connectivity index (χ1v) is 10.0. The molecule has 0 N–H and O–H groups in total. The highest BCUT2D eigenvalue weighted by Crippen LogP contribution is 2.29. The Morgan fingerprint density at radius 3 is 2.12 bits per heavy atom. The molecule has 3 aromatic carbocycles. The van der Waals surface area contributed by atoms with Gasteiger partial charge in [0, 0.05) is 0 Å². The second-order valence-corrected chi connectivity index (χ2v) is 8.47. The number of aryl methyl sites for hydroxylation is 3. The number of hydrogen-bond donors (Lipinski definition) is 0. The molecule has 0 saturated heterocycles. The third kappa shape index (κ3) is 3.81. The van der Waals surface area contributed by atoms with Crippen molar-refractivity contribution >= 4 is 15.7 Å². The topological polar surface area (TPSA) is 37.4 Å². The fourth-order valence-electron chi connectivity index (χ4n) is 3.08. The van der Waals surface area contributed by atoms with Crippen LogP contribution in [0.25, 0.3) is 0 Å². The molecule has 0 spiro atoms. The average Bonchev–Trinajstić information content (AvgIpc) is 2.61. The lowest BCUT2D eigenvalue weighted by Crippen LogP contribution is -2.31. The Kier molecular flexibility index (Phi) is 5.14. The summed E-state index contributed by atoms with van der Waals surface area (Å²) in [7, 11) is -3.67. The highest BCUT2D eigenvalue weighted by atomic mass is 32.2. The zero-order chi connectivity index (χ0) is 18.7. The maximum Gasteiger partial charge on any atom is 0.264 e. The van der Waals surface area contributed by atoms with Gasteiger partial charge >= 0.3 is 0 Å². The summed E-state index contributed by atoms with van der Waals surface area (Å²) in [6.07, 6.45) is 0. The summed E-state index contributed by atoms with van der Waals surface area (Å²) >= 11 is 0. The molecule has 0 aromatic heterocycles. The molecule has 0 aliphatic carbocycles. The second-order valence-electron chi connectivity index (χ2n) is 6.60. The minimum atomic E-state index is -3.67. The van der Waals surface area contributed by atoms with E-state index in [1.54, 1.807) is 24.3 Å². The van der Waals surface area contributed by atoms with E-state index in [1.807, 2.05) is 69.3 Å². The summed E-state index contributed by atoms with van der Waals surface area (Å²) in [6, 6.07) is 22.4. The van der Waals surface area contributed by atoms with E-state index in [2.05, 4.69) is 0 Å². The lowest BCUT2D eigenvalue weighted by Gasteiger charge is -2.26. The smallest absolute Gasteiger partial charge is 0.262 e. The van der Waals surface area contributed by atoms with Crippen molar-refractivity contribution < 1.29 is 8.42 Å². The van der Waals surface area contributed by atoms with E-state index in [0.717, 1.165) is 22.3 Å². The van der Waals surface area contributed by atoms with Gasteiger partial charge in [0.1, 0.15) is 0 Å². The summed E-state index contributed by atoms with van der Waals surface area (Å²) in [5.74, 6) is 0. The number of nitrogens with zero attached hydrogens (tertiary/aromatic N) is 1. The van der Waals surface area contributed by atoms with Crippen molar-refractivity contribution in [2.24, 2.45) is 0 Å². The van der Waals surface area contributed by atoms with Gasteiger partial charge in [-0.15, -0.1) is 0 Å². The zero-order valence-electron chi connectivity index (χ0n) is 15.3. The van der Waals surface area contributed by atoms with Gasteiger partial charge < -0.3 is 0 Å². The van der Waals surface area contributed by atoms with E-state index in [-0.39, 0.29) is 0 Å². The monoisotopic (exact) mass is 365 g/mol. The molecule has 4 heteroatoms. The van der Waals surface area contributed by atoms with Crippen molar-refractivity contribution in [3.63, 3.8) is 0 Å². The van der Waals surface area contributed by atoms with E-state index >= 15 is 0 Å². The number of benzene rings is 3. The van der Waals surface area contributed by atoms with Gasteiger partial charge in [-0.2, -0.15) is 0 Å². The molecule has 3 aromatic rings. The second kappa shape index (κ2) is 7.34. The van der Waals surface area contributed by atoms with Crippen LogP contribution in [-0.2, 0) is 16.6 Å². The van der Waals surface area contributed by atoms with Crippen LogP contribution in [-0.4, -0.2) is 8.42 Å². The molecule has 0 unspecified atom stereocenters. The van der Waals surface area contributed by atoms with Crippen LogP contribution < -0.4 is 4.31 Å². The summed E-state index contributed by atoms with van der Waals surface area (Å²) in [4.78, 5) is 0.299. The minimum Gasteiger partial charge on any atom is -0.262 e. The number of sulfonamides is 1. The van der Waals surface area contributed by atoms with Crippen LogP contribution in [0, 0.1) is 20.8 Å². The van der Waals surface area contributed by atoms with Gasteiger partial charge in [0.25, 0.3) is 10.0 Å². The Labute approximate surface area is 156 Å². The van der Waals surface area contributed by atoms with Crippen molar-refractivity contribution in [3.8, 4) is 0 Å². The molecule has 0 amide bonds. The number of anilines is 1. The van der Waals surface area contributed by atoms with Gasteiger partial charge in [-0.1, -0.05) is 65.7 Å². The molecular weight excluding hydrogens is 342 g/mol. The highest BCUT2D eigenvalue weighted by Gasteiger charge is 2.26. The van der Waals surface area contributed by atoms with Crippen molar-refractivity contribution in [1.29, 1.82) is 0 Å². The lowest BCUT2D eigenvalue weighted by atomic mass is 10.1. The van der Waals surface area contributed by atoms with E-state index in [9.17, 15) is 8.42 Å². The van der Waals surface area contributed by atoms with Gasteiger partial charge in [-0.05, 0) is 50.1 Å². The molecular formula is C22H23NO2S. The molecule has 0 bridgehead atoms. The molecule has 3 nitrogen and oxygen atoms in total. The van der Waals surface area contributed by atoms with E-state index in [0.29, 0.717) is 17.1 Å².